The molecule has 6 rings (SSSR count). The van der Waals surface area contributed by atoms with E-state index in [4.69, 9.17) is 4.74 Å². The SMILES string of the molecule is O=C(NC1CC1)c1ccc(-c2csc(NC(=O)C3CCC(c4ccc(CN5CCOCC5)cc4)N3C(=O)O)n2)cc1. The Morgan fingerprint density at radius 2 is 1.71 bits per heavy atom. The Morgan fingerprint density at radius 1 is 0.976 bits per heavy atom. The van der Waals surface area contributed by atoms with Crippen LogP contribution in [0.2, 0.25) is 0 Å². The monoisotopic (exact) mass is 575 g/mol. The predicted molar refractivity (Wildman–Crippen MR) is 155 cm³/mol. The maximum atomic E-state index is 13.2. The fourth-order valence-corrected chi connectivity index (χ4v) is 6.19. The number of ether oxygens (including phenoxy) is 1. The third-order valence-electron chi connectivity index (χ3n) is 7.87. The lowest BCUT2D eigenvalue weighted by atomic mass is 10.0. The Labute approximate surface area is 242 Å². The lowest BCUT2D eigenvalue weighted by Crippen LogP contribution is -2.43. The zero-order chi connectivity index (χ0) is 28.3. The summed E-state index contributed by atoms with van der Waals surface area (Å²) in [5.74, 6) is -0.459. The van der Waals surface area contributed by atoms with Gasteiger partial charge >= 0.3 is 6.09 Å². The number of carbonyl (C=O) groups excluding carboxylic acids is 2. The number of thiazole rings is 1. The van der Waals surface area contributed by atoms with Crippen LogP contribution in [0.5, 0.6) is 0 Å². The van der Waals surface area contributed by atoms with E-state index in [1.54, 1.807) is 12.1 Å². The fourth-order valence-electron chi connectivity index (χ4n) is 5.47. The highest BCUT2D eigenvalue weighted by molar-refractivity contribution is 7.14. The molecule has 11 heteroatoms. The number of anilines is 1. The molecule has 0 spiro atoms. The van der Waals surface area contributed by atoms with Crippen LogP contribution in [0.4, 0.5) is 9.93 Å². The molecular formula is C30H33N5O5S. The molecule has 2 saturated heterocycles. The number of aromatic nitrogens is 1. The van der Waals surface area contributed by atoms with Gasteiger partial charge in [0.25, 0.3) is 5.91 Å². The number of nitrogens with zero attached hydrogens (tertiary/aromatic N) is 3. The summed E-state index contributed by atoms with van der Waals surface area (Å²) in [5, 5.41) is 18.1. The minimum Gasteiger partial charge on any atom is -0.465 e. The molecule has 3 fully saturated rings. The van der Waals surface area contributed by atoms with Crippen molar-refractivity contribution in [3.05, 3.63) is 70.6 Å². The van der Waals surface area contributed by atoms with E-state index in [-0.39, 0.29) is 17.9 Å². The number of carboxylic acid groups (broad SMARTS) is 1. The highest BCUT2D eigenvalue weighted by Crippen LogP contribution is 2.37. The van der Waals surface area contributed by atoms with Gasteiger partial charge in [-0.1, -0.05) is 36.4 Å². The molecule has 3 N–H and O–H groups in total. The standard InChI is InChI=1S/C30H33N5O5S/c36-27(31-23-9-10-23)22-7-5-20(6-8-22)24-18-41-29(32-24)33-28(37)26-12-11-25(35(26)30(38)39)21-3-1-19(2-4-21)17-34-13-15-40-16-14-34/h1-8,18,23,25-26H,9-17H2,(H,31,36)(H,38,39)(H,32,33,37). The molecule has 10 nitrogen and oxygen atoms in total. The molecule has 2 atom stereocenters. The first-order valence-corrected chi connectivity index (χ1v) is 14.9. The number of rotatable bonds is 8. The van der Waals surface area contributed by atoms with E-state index in [2.05, 4.69) is 20.5 Å². The molecule has 3 amide bonds. The molecule has 3 aromatic rings. The van der Waals surface area contributed by atoms with Crippen LogP contribution in [-0.2, 0) is 16.1 Å². The maximum absolute atomic E-state index is 13.2. The van der Waals surface area contributed by atoms with Crippen molar-refractivity contribution in [2.75, 3.05) is 31.6 Å². The van der Waals surface area contributed by atoms with Crippen molar-refractivity contribution in [3.8, 4) is 11.3 Å². The van der Waals surface area contributed by atoms with E-state index < -0.39 is 12.1 Å². The Bertz CT molecular complexity index is 1400. The number of nitrogens with one attached hydrogen (secondary N) is 2. The second kappa shape index (κ2) is 12.0. The minimum atomic E-state index is -1.12. The number of likely N-dealkylation sites (tertiary alicyclic amines) is 1. The summed E-state index contributed by atoms with van der Waals surface area (Å²) in [5.41, 5.74) is 4.16. The Kier molecular flexibility index (Phi) is 8.00. The Morgan fingerprint density at radius 3 is 2.39 bits per heavy atom. The summed E-state index contributed by atoms with van der Waals surface area (Å²) < 4.78 is 5.42. The average molecular weight is 576 g/mol. The van der Waals surface area contributed by atoms with Gasteiger partial charge in [-0.15, -0.1) is 11.3 Å². The summed E-state index contributed by atoms with van der Waals surface area (Å²) >= 11 is 1.28. The van der Waals surface area contributed by atoms with E-state index in [9.17, 15) is 19.5 Å². The maximum Gasteiger partial charge on any atom is 0.408 e. The Balaban J connectivity index is 1.08. The van der Waals surface area contributed by atoms with Gasteiger partial charge in [-0.3, -0.25) is 19.4 Å². The fraction of sp³-hybridized carbons (Fsp3) is 0.400. The highest BCUT2D eigenvalue weighted by Gasteiger charge is 2.42. The number of carbonyl (C=O) groups is 3. The summed E-state index contributed by atoms with van der Waals surface area (Å²) in [7, 11) is 0. The zero-order valence-electron chi connectivity index (χ0n) is 22.6. The second-order valence-electron chi connectivity index (χ2n) is 10.8. The lowest BCUT2D eigenvalue weighted by molar-refractivity contribution is -0.120. The largest absolute Gasteiger partial charge is 0.465 e. The minimum absolute atomic E-state index is 0.0768. The van der Waals surface area contributed by atoms with Crippen molar-refractivity contribution in [3.63, 3.8) is 0 Å². The first-order valence-electron chi connectivity index (χ1n) is 14.0. The molecule has 2 aliphatic heterocycles. The molecule has 214 valence electrons. The summed E-state index contributed by atoms with van der Waals surface area (Å²) in [6.45, 7) is 4.12. The van der Waals surface area contributed by atoms with Crippen LogP contribution >= 0.6 is 11.3 Å². The summed E-state index contributed by atoms with van der Waals surface area (Å²) in [6, 6.07) is 14.4. The van der Waals surface area contributed by atoms with Crippen molar-refractivity contribution >= 4 is 34.4 Å². The molecular weight excluding hydrogens is 542 g/mol. The van der Waals surface area contributed by atoms with Crippen molar-refractivity contribution in [2.45, 2.75) is 50.4 Å². The second-order valence-corrected chi connectivity index (χ2v) is 11.6. The molecule has 2 unspecified atom stereocenters. The molecule has 3 heterocycles. The van der Waals surface area contributed by atoms with Gasteiger partial charge in [-0.25, -0.2) is 9.78 Å². The molecule has 2 aromatic carbocycles. The molecule has 3 aliphatic rings. The van der Waals surface area contributed by atoms with Gasteiger partial charge in [-0.05, 0) is 48.9 Å². The van der Waals surface area contributed by atoms with E-state index in [1.165, 1.54) is 21.8 Å². The summed E-state index contributed by atoms with van der Waals surface area (Å²) in [6.07, 6.45) is 1.95. The van der Waals surface area contributed by atoms with Crippen LogP contribution in [0.15, 0.2) is 53.9 Å². The van der Waals surface area contributed by atoms with Crippen molar-refractivity contribution < 1.29 is 24.2 Å². The quantitative estimate of drug-likeness (QED) is 0.365. The van der Waals surface area contributed by atoms with E-state index in [1.807, 2.05) is 41.8 Å². The van der Waals surface area contributed by atoms with Crippen LogP contribution in [-0.4, -0.2) is 76.2 Å². The molecule has 0 radical (unpaired) electrons. The van der Waals surface area contributed by atoms with Gasteiger partial charge in [0.15, 0.2) is 5.13 Å². The molecule has 1 aliphatic carbocycles. The van der Waals surface area contributed by atoms with E-state index in [0.29, 0.717) is 35.3 Å². The third kappa shape index (κ3) is 6.42. The van der Waals surface area contributed by atoms with Gasteiger partial charge in [0.2, 0.25) is 5.91 Å². The normalized spacial score (nSPS) is 21.0. The molecule has 1 aromatic heterocycles. The average Bonchev–Trinajstić information content (AvgIpc) is 3.48. The smallest absolute Gasteiger partial charge is 0.408 e. The van der Waals surface area contributed by atoms with Crippen LogP contribution in [0.25, 0.3) is 11.3 Å². The number of hydrogen-bond acceptors (Lipinski definition) is 7. The predicted octanol–water partition coefficient (Wildman–Crippen LogP) is 4.36. The zero-order valence-corrected chi connectivity index (χ0v) is 23.4. The van der Waals surface area contributed by atoms with Crippen molar-refractivity contribution in [2.24, 2.45) is 0 Å². The van der Waals surface area contributed by atoms with Crippen LogP contribution < -0.4 is 10.6 Å². The Hall–Kier alpha value is -3.80. The third-order valence-corrected chi connectivity index (χ3v) is 8.63. The molecule has 41 heavy (non-hydrogen) atoms. The first-order chi connectivity index (χ1) is 19.9. The van der Waals surface area contributed by atoms with Crippen LogP contribution in [0.1, 0.15) is 53.2 Å². The number of morpholine rings is 1. The van der Waals surface area contributed by atoms with Gasteiger partial charge in [0.1, 0.15) is 6.04 Å². The van der Waals surface area contributed by atoms with Gasteiger partial charge in [0.05, 0.1) is 24.9 Å². The summed E-state index contributed by atoms with van der Waals surface area (Å²) in [4.78, 5) is 45.9. The first kappa shape index (κ1) is 27.4. The van der Waals surface area contributed by atoms with Gasteiger partial charge < -0.3 is 20.5 Å². The van der Waals surface area contributed by atoms with Crippen molar-refractivity contribution in [1.29, 1.82) is 0 Å². The van der Waals surface area contributed by atoms with E-state index in [0.717, 1.165) is 56.8 Å². The van der Waals surface area contributed by atoms with Gasteiger partial charge in [0, 0.05) is 42.2 Å². The topological polar surface area (TPSA) is 124 Å². The molecule has 1 saturated carbocycles. The lowest BCUT2D eigenvalue weighted by Gasteiger charge is -2.28. The molecule has 0 bridgehead atoms. The number of benzene rings is 2. The van der Waals surface area contributed by atoms with Crippen LogP contribution in [0.3, 0.4) is 0 Å². The van der Waals surface area contributed by atoms with Crippen molar-refractivity contribution in [1.82, 2.24) is 20.1 Å². The number of amides is 3. The van der Waals surface area contributed by atoms with Crippen LogP contribution in [0, 0.1) is 0 Å². The highest BCUT2D eigenvalue weighted by atomic mass is 32.1. The number of hydrogen-bond donors (Lipinski definition) is 3. The van der Waals surface area contributed by atoms with E-state index >= 15 is 0 Å². The van der Waals surface area contributed by atoms with Gasteiger partial charge in [-0.2, -0.15) is 0 Å².